The van der Waals surface area contributed by atoms with Crippen LogP contribution in [0.3, 0.4) is 0 Å². The number of ether oxygens (including phenoxy) is 2. The Morgan fingerprint density at radius 3 is 3.00 bits per heavy atom. The van der Waals surface area contributed by atoms with Crippen LogP contribution in [0.25, 0.3) is 10.2 Å². The second-order valence-electron chi connectivity index (χ2n) is 7.62. The minimum Gasteiger partial charge on any atom is -0.486 e. The summed E-state index contributed by atoms with van der Waals surface area (Å²) in [5.41, 5.74) is 1.59. The maximum Gasteiger partial charge on any atom is 0.262 e. The second-order valence-corrected chi connectivity index (χ2v) is 8.70. The third kappa shape index (κ3) is 3.37. The molecule has 0 unspecified atom stereocenters. The highest BCUT2D eigenvalue weighted by Crippen LogP contribution is 2.35. The van der Waals surface area contributed by atoms with Gasteiger partial charge < -0.3 is 14.8 Å². The third-order valence-corrected chi connectivity index (χ3v) is 6.58. The van der Waals surface area contributed by atoms with Crippen LogP contribution in [0.5, 0.6) is 11.5 Å². The van der Waals surface area contributed by atoms with Crippen molar-refractivity contribution in [1.29, 1.82) is 0 Å². The average molecular weight is 411 g/mol. The maximum atomic E-state index is 13.0. The number of aromatic nitrogens is 2. The zero-order chi connectivity index (χ0) is 20.0. The number of anilines is 1. The lowest BCUT2D eigenvalue weighted by atomic mass is 9.89. The molecule has 1 atom stereocenters. The van der Waals surface area contributed by atoms with Gasteiger partial charge in [-0.05, 0) is 42.9 Å². The first-order valence-electron chi connectivity index (χ1n) is 9.77. The smallest absolute Gasteiger partial charge is 0.262 e. The molecule has 0 fully saturated rings. The number of aryl methyl sites for hydroxylation is 1. The summed E-state index contributed by atoms with van der Waals surface area (Å²) in [4.78, 5) is 32.1. The van der Waals surface area contributed by atoms with E-state index in [1.807, 2.05) is 0 Å². The topological polar surface area (TPSA) is 82.5 Å². The van der Waals surface area contributed by atoms with Crippen molar-refractivity contribution in [2.75, 3.05) is 18.5 Å². The van der Waals surface area contributed by atoms with Crippen molar-refractivity contribution in [3.05, 3.63) is 45.3 Å². The van der Waals surface area contributed by atoms with E-state index in [0.717, 1.165) is 29.7 Å². The van der Waals surface area contributed by atoms with Gasteiger partial charge >= 0.3 is 0 Å². The van der Waals surface area contributed by atoms with Gasteiger partial charge in [0, 0.05) is 16.6 Å². The molecule has 5 rings (SSSR count). The van der Waals surface area contributed by atoms with Gasteiger partial charge in [0.2, 0.25) is 5.91 Å². The van der Waals surface area contributed by atoms with Gasteiger partial charge in [0.15, 0.2) is 11.5 Å². The van der Waals surface area contributed by atoms with Crippen molar-refractivity contribution in [3.8, 4) is 11.5 Å². The van der Waals surface area contributed by atoms with Crippen LogP contribution in [-0.4, -0.2) is 28.7 Å². The van der Waals surface area contributed by atoms with Gasteiger partial charge in [-0.25, -0.2) is 4.98 Å². The number of nitrogens with zero attached hydrogens (tertiary/aromatic N) is 2. The van der Waals surface area contributed by atoms with Crippen molar-refractivity contribution in [2.45, 2.75) is 32.7 Å². The van der Waals surface area contributed by atoms with Crippen LogP contribution in [0.15, 0.2) is 29.3 Å². The summed E-state index contributed by atoms with van der Waals surface area (Å²) in [6, 6.07) is 5.25. The summed E-state index contributed by atoms with van der Waals surface area (Å²) < 4.78 is 12.4. The van der Waals surface area contributed by atoms with Crippen LogP contribution in [0.2, 0.25) is 0 Å². The number of carbonyl (C=O) groups excluding carboxylic acids is 1. The highest BCUT2D eigenvalue weighted by Gasteiger charge is 2.23. The predicted molar refractivity (Wildman–Crippen MR) is 111 cm³/mol. The number of fused-ring (bicyclic) bond motifs is 4. The number of amides is 1. The molecule has 0 radical (unpaired) electrons. The molecule has 3 aromatic rings. The lowest BCUT2D eigenvalue weighted by Gasteiger charge is -2.19. The molecule has 7 nitrogen and oxygen atoms in total. The van der Waals surface area contributed by atoms with Crippen LogP contribution < -0.4 is 20.3 Å². The van der Waals surface area contributed by atoms with Gasteiger partial charge in [-0.3, -0.25) is 14.2 Å². The molecule has 1 amide bonds. The van der Waals surface area contributed by atoms with E-state index in [4.69, 9.17) is 9.47 Å². The average Bonchev–Trinajstić information content (AvgIpc) is 3.08. The normalized spacial score (nSPS) is 17.8. The first kappa shape index (κ1) is 18.2. The van der Waals surface area contributed by atoms with Gasteiger partial charge in [0.05, 0.1) is 11.7 Å². The Bertz CT molecular complexity index is 1170. The zero-order valence-corrected chi connectivity index (χ0v) is 16.9. The largest absolute Gasteiger partial charge is 0.486 e. The Morgan fingerprint density at radius 2 is 2.14 bits per heavy atom. The monoisotopic (exact) mass is 411 g/mol. The summed E-state index contributed by atoms with van der Waals surface area (Å²) in [6.45, 7) is 3.15. The Balaban J connectivity index is 1.38. The summed E-state index contributed by atoms with van der Waals surface area (Å²) in [7, 11) is 0. The van der Waals surface area contributed by atoms with Crippen molar-refractivity contribution in [1.82, 2.24) is 9.55 Å². The number of carbonyl (C=O) groups is 1. The maximum absolute atomic E-state index is 13.0. The standard InChI is InChI=1S/C21H21N3O4S/c1-12-2-4-14-17(8-12)29-20-19(14)21(26)24(11-22-20)10-18(25)23-13-3-5-15-16(9-13)28-7-6-27-15/h3,5,9,11-12H,2,4,6-8,10H2,1H3,(H,23,25)/t12-/m1/s1. The molecule has 150 valence electrons. The van der Waals surface area contributed by atoms with Crippen molar-refractivity contribution < 1.29 is 14.3 Å². The highest BCUT2D eigenvalue weighted by molar-refractivity contribution is 7.18. The molecule has 0 spiro atoms. The van der Waals surface area contributed by atoms with Gasteiger partial charge in [-0.15, -0.1) is 11.3 Å². The molecule has 1 aliphatic carbocycles. The molecular weight excluding hydrogens is 390 g/mol. The number of nitrogens with one attached hydrogen (secondary N) is 1. The predicted octanol–water partition coefficient (Wildman–Crippen LogP) is 2.99. The van der Waals surface area contributed by atoms with Gasteiger partial charge in [0.25, 0.3) is 5.56 Å². The van der Waals surface area contributed by atoms with Crippen LogP contribution in [0.1, 0.15) is 23.8 Å². The number of rotatable bonds is 3. The van der Waals surface area contributed by atoms with E-state index >= 15 is 0 Å². The molecule has 1 aromatic carbocycles. The molecule has 2 aliphatic rings. The number of hydrogen-bond acceptors (Lipinski definition) is 6. The highest BCUT2D eigenvalue weighted by atomic mass is 32.1. The van der Waals surface area contributed by atoms with Crippen molar-refractivity contribution >= 4 is 33.1 Å². The molecule has 0 saturated heterocycles. The number of benzene rings is 1. The first-order chi connectivity index (χ1) is 14.1. The van der Waals surface area contributed by atoms with Crippen LogP contribution in [0.4, 0.5) is 5.69 Å². The Hall–Kier alpha value is -2.87. The van der Waals surface area contributed by atoms with E-state index in [1.54, 1.807) is 29.5 Å². The van der Waals surface area contributed by atoms with E-state index in [1.165, 1.54) is 15.8 Å². The fraction of sp³-hybridized carbons (Fsp3) is 0.381. The molecular formula is C21H21N3O4S. The van der Waals surface area contributed by atoms with Crippen LogP contribution >= 0.6 is 11.3 Å². The van der Waals surface area contributed by atoms with E-state index in [-0.39, 0.29) is 18.0 Å². The summed E-state index contributed by atoms with van der Waals surface area (Å²) >= 11 is 1.61. The summed E-state index contributed by atoms with van der Waals surface area (Å²) in [5, 5.41) is 3.50. The number of hydrogen-bond donors (Lipinski definition) is 1. The molecule has 1 aliphatic heterocycles. The molecule has 1 N–H and O–H groups in total. The van der Waals surface area contributed by atoms with Crippen LogP contribution in [-0.2, 0) is 24.2 Å². The molecule has 0 bridgehead atoms. The SMILES string of the molecule is C[C@@H]1CCc2c(sc3ncn(CC(=O)Nc4ccc5c(c4)OCCO5)c(=O)c23)C1. The number of thiophene rings is 1. The molecule has 3 heterocycles. The third-order valence-electron chi connectivity index (χ3n) is 5.42. The van der Waals surface area contributed by atoms with Crippen molar-refractivity contribution in [2.24, 2.45) is 5.92 Å². The molecule has 0 saturated carbocycles. The van der Waals surface area contributed by atoms with Crippen molar-refractivity contribution in [3.63, 3.8) is 0 Å². The van der Waals surface area contributed by atoms with Crippen LogP contribution in [0, 0.1) is 5.92 Å². The Kier molecular flexibility index (Phi) is 4.50. The summed E-state index contributed by atoms with van der Waals surface area (Å²) in [5.74, 6) is 1.61. The van der Waals surface area contributed by atoms with Gasteiger partial charge in [-0.1, -0.05) is 6.92 Å². The fourth-order valence-electron chi connectivity index (χ4n) is 3.96. The second kappa shape index (κ2) is 7.18. The lowest BCUT2D eigenvalue weighted by molar-refractivity contribution is -0.116. The molecule has 2 aromatic heterocycles. The minimum absolute atomic E-state index is 0.0861. The van der Waals surface area contributed by atoms with Gasteiger partial charge in [-0.2, -0.15) is 0 Å². The van der Waals surface area contributed by atoms with E-state index in [9.17, 15) is 9.59 Å². The zero-order valence-electron chi connectivity index (χ0n) is 16.1. The molecule has 8 heteroatoms. The van der Waals surface area contributed by atoms with Gasteiger partial charge in [0.1, 0.15) is 24.6 Å². The Morgan fingerprint density at radius 1 is 1.31 bits per heavy atom. The quantitative estimate of drug-likeness (QED) is 0.717. The fourth-order valence-corrected chi connectivity index (χ4v) is 5.30. The minimum atomic E-state index is -0.289. The lowest BCUT2D eigenvalue weighted by Crippen LogP contribution is -2.28. The van der Waals surface area contributed by atoms with E-state index in [2.05, 4.69) is 17.2 Å². The van der Waals surface area contributed by atoms with E-state index in [0.29, 0.717) is 41.7 Å². The van der Waals surface area contributed by atoms with E-state index < -0.39 is 0 Å². The summed E-state index contributed by atoms with van der Waals surface area (Å²) in [6.07, 6.45) is 4.46. The first-order valence-corrected chi connectivity index (χ1v) is 10.6. The molecule has 29 heavy (non-hydrogen) atoms. The Labute approximate surface area is 171 Å².